The molecule has 1 aromatic carbocycles. The Morgan fingerprint density at radius 3 is 2.66 bits per heavy atom. The van der Waals surface area contributed by atoms with Crippen molar-refractivity contribution in [3.63, 3.8) is 0 Å². The summed E-state index contributed by atoms with van der Waals surface area (Å²) in [6.45, 7) is 2.44. The molecule has 0 unspecified atom stereocenters. The van der Waals surface area contributed by atoms with Gasteiger partial charge in [-0.15, -0.1) is 0 Å². The molecule has 1 heterocycles. The zero-order valence-corrected chi connectivity index (χ0v) is 18.1. The summed E-state index contributed by atoms with van der Waals surface area (Å²) >= 11 is 0. The molecule has 1 aliphatic carbocycles. The Kier molecular flexibility index (Phi) is 7.70. The minimum atomic E-state index is -0.474. The van der Waals surface area contributed by atoms with Gasteiger partial charge in [0, 0.05) is 38.0 Å². The number of hydrogen-bond acceptors (Lipinski definition) is 5. The average Bonchev–Trinajstić information content (AvgIpc) is 3.62. The van der Waals surface area contributed by atoms with E-state index in [4.69, 9.17) is 11.1 Å². The van der Waals surface area contributed by atoms with Crippen molar-refractivity contribution in [2.75, 3.05) is 18.0 Å². The number of aromatic nitrogens is 1. The molecule has 2 aromatic rings. The Morgan fingerprint density at radius 2 is 2.09 bits per heavy atom. The van der Waals surface area contributed by atoms with Crippen LogP contribution in [0.2, 0.25) is 0 Å². The highest BCUT2D eigenvalue weighted by atomic mass is 19.1. The molecular formula is C24H28FN5O2. The molecule has 32 heavy (non-hydrogen) atoms. The fraction of sp³-hybridized carbons (Fsp3) is 0.333. The molecule has 0 atom stereocenters. The highest BCUT2D eigenvalue weighted by Gasteiger charge is 2.27. The number of nitrogens with two attached hydrogens (primary N) is 1. The molecule has 168 valence electrons. The maximum Gasteiger partial charge on any atom is 0.252 e. The van der Waals surface area contributed by atoms with Crippen LogP contribution < -0.4 is 16.0 Å². The summed E-state index contributed by atoms with van der Waals surface area (Å²) in [5.41, 5.74) is 7.89. The predicted molar refractivity (Wildman–Crippen MR) is 123 cm³/mol. The number of halogens is 1. The van der Waals surface area contributed by atoms with E-state index in [1.165, 1.54) is 36.5 Å². The van der Waals surface area contributed by atoms with Crippen molar-refractivity contribution in [3.05, 3.63) is 59.7 Å². The van der Waals surface area contributed by atoms with Crippen LogP contribution in [0.1, 0.15) is 43.0 Å². The third-order valence-corrected chi connectivity index (χ3v) is 5.40. The zero-order chi connectivity index (χ0) is 23.1. The summed E-state index contributed by atoms with van der Waals surface area (Å²) in [5.74, 6) is -0.452. The number of rotatable bonds is 10. The van der Waals surface area contributed by atoms with Gasteiger partial charge in [-0.25, -0.2) is 4.39 Å². The molecule has 1 aromatic heterocycles. The minimum Gasteiger partial charge on any atom is -0.404 e. The maximum atomic E-state index is 14.8. The van der Waals surface area contributed by atoms with Gasteiger partial charge in [-0.3, -0.25) is 14.6 Å². The van der Waals surface area contributed by atoms with Gasteiger partial charge in [0.25, 0.3) is 5.91 Å². The van der Waals surface area contributed by atoms with E-state index in [-0.39, 0.29) is 17.5 Å². The first-order chi connectivity index (χ1) is 15.4. The monoisotopic (exact) mass is 437 g/mol. The number of amides is 2. The Balaban J connectivity index is 1.62. The fourth-order valence-corrected chi connectivity index (χ4v) is 3.34. The summed E-state index contributed by atoms with van der Waals surface area (Å²) in [6, 6.07) is 8.01. The van der Waals surface area contributed by atoms with E-state index in [1.807, 2.05) is 0 Å². The van der Waals surface area contributed by atoms with Gasteiger partial charge < -0.3 is 21.4 Å². The quantitative estimate of drug-likeness (QED) is 0.389. The van der Waals surface area contributed by atoms with Gasteiger partial charge >= 0.3 is 0 Å². The first kappa shape index (κ1) is 23.1. The van der Waals surface area contributed by atoms with Crippen LogP contribution in [0.5, 0.6) is 0 Å². The second-order valence-corrected chi connectivity index (χ2v) is 7.92. The summed E-state index contributed by atoms with van der Waals surface area (Å²) < 4.78 is 14.8. The van der Waals surface area contributed by atoms with Crippen LogP contribution in [0.3, 0.4) is 0 Å². The Labute approximate surface area is 187 Å². The van der Waals surface area contributed by atoms with Crippen LogP contribution in [0.25, 0.3) is 11.3 Å². The zero-order valence-electron chi connectivity index (χ0n) is 18.1. The Hall–Kier alpha value is -3.55. The van der Waals surface area contributed by atoms with Gasteiger partial charge in [0.2, 0.25) is 5.91 Å². The number of carbonyl (C=O) groups is 2. The van der Waals surface area contributed by atoms with E-state index >= 15 is 0 Å². The molecule has 2 amide bonds. The van der Waals surface area contributed by atoms with E-state index in [0.717, 1.165) is 12.8 Å². The van der Waals surface area contributed by atoms with Gasteiger partial charge in [0.1, 0.15) is 5.82 Å². The van der Waals surface area contributed by atoms with E-state index < -0.39 is 5.82 Å². The van der Waals surface area contributed by atoms with Crippen LogP contribution in [0, 0.1) is 17.1 Å². The van der Waals surface area contributed by atoms with Gasteiger partial charge in [-0.1, -0.05) is 6.07 Å². The number of nitrogens with zero attached hydrogens (tertiary/aromatic N) is 2. The van der Waals surface area contributed by atoms with Gasteiger partial charge in [0.15, 0.2) is 0 Å². The van der Waals surface area contributed by atoms with Crippen molar-refractivity contribution < 1.29 is 14.0 Å². The SMILES string of the molecule is CC(=O)N(CC1CC1)c1ccc(-c2ccc(C(=O)NCCC/C(C=N)=C/N)cn2)cc1F. The summed E-state index contributed by atoms with van der Waals surface area (Å²) in [7, 11) is 0. The normalized spacial score (nSPS) is 13.5. The molecule has 7 nitrogen and oxygen atoms in total. The fourth-order valence-electron chi connectivity index (χ4n) is 3.34. The number of anilines is 1. The number of benzene rings is 1. The maximum absolute atomic E-state index is 14.8. The first-order valence-electron chi connectivity index (χ1n) is 10.7. The highest BCUT2D eigenvalue weighted by Crippen LogP contribution is 2.33. The second kappa shape index (κ2) is 10.7. The van der Waals surface area contributed by atoms with Crippen molar-refractivity contribution in [1.82, 2.24) is 10.3 Å². The lowest BCUT2D eigenvalue weighted by atomic mass is 10.1. The van der Waals surface area contributed by atoms with Crippen molar-refractivity contribution in [2.24, 2.45) is 11.7 Å². The minimum absolute atomic E-state index is 0.176. The molecule has 1 fully saturated rings. The van der Waals surface area contributed by atoms with E-state index in [1.54, 1.807) is 24.3 Å². The number of carbonyl (C=O) groups excluding carboxylic acids is 2. The molecule has 4 N–H and O–H groups in total. The van der Waals surface area contributed by atoms with E-state index in [9.17, 15) is 14.0 Å². The van der Waals surface area contributed by atoms with Gasteiger partial charge in [0.05, 0.1) is 16.9 Å². The third-order valence-electron chi connectivity index (χ3n) is 5.40. The summed E-state index contributed by atoms with van der Waals surface area (Å²) in [5, 5.41) is 9.99. The number of pyridine rings is 1. The van der Waals surface area contributed by atoms with Crippen LogP contribution in [0.4, 0.5) is 10.1 Å². The lowest BCUT2D eigenvalue weighted by molar-refractivity contribution is -0.116. The van der Waals surface area contributed by atoms with Crippen LogP contribution >= 0.6 is 0 Å². The molecule has 8 heteroatoms. The molecule has 1 saturated carbocycles. The number of hydrogen-bond donors (Lipinski definition) is 3. The molecule has 3 rings (SSSR count). The van der Waals surface area contributed by atoms with Gasteiger partial charge in [-0.05, 0) is 67.6 Å². The second-order valence-electron chi connectivity index (χ2n) is 7.92. The van der Waals surface area contributed by atoms with Crippen molar-refractivity contribution in [2.45, 2.75) is 32.6 Å². The molecule has 0 bridgehead atoms. The van der Waals surface area contributed by atoms with Crippen molar-refractivity contribution >= 4 is 23.7 Å². The molecule has 0 radical (unpaired) electrons. The van der Waals surface area contributed by atoms with Crippen LogP contribution in [0.15, 0.2) is 48.3 Å². The topological polar surface area (TPSA) is 112 Å². The molecule has 0 saturated heterocycles. The molecular weight excluding hydrogens is 409 g/mol. The predicted octanol–water partition coefficient (Wildman–Crippen LogP) is 3.65. The third kappa shape index (κ3) is 6.00. The van der Waals surface area contributed by atoms with E-state index in [0.29, 0.717) is 54.2 Å². The van der Waals surface area contributed by atoms with E-state index in [2.05, 4.69) is 10.3 Å². The molecule has 0 spiro atoms. The van der Waals surface area contributed by atoms with Crippen molar-refractivity contribution in [1.29, 1.82) is 5.41 Å². The van der Waals surface area contributed by atoms with Crippen LogP contribution in [-0.4, -0.2) is 36.1 Å². The average molecular weight is 438 g/mol. The lowest BCUT2D eigenvalue weighted by Gasteiger charge is -2.22. The Morgan fingerprint density at radius 1 is 1.31 bits per heavy atom. The first-order valence-corrected chi connectivity index (χ1v) is 10.7. The number of allylic oxidation sites excluding steroid dienone is 1. The molecule has 0 aliphatic heterocycles. The standard InChI is InChI=1S/C24H28FN5O2/c1-16(31)30(15-17-4-5-17)23-9-7-19(11-21(23)25)22-8-6-20(14-29-22)24(32)28-10-2-3-18(12-26)13-27/h6-9,11-14,17,26H,2-5,10,15,27H2,1H3,(H,28,32)/b18-13-,26-12?. The highest BCUT2D eigenvalue weighted by molar-refractivity contribution is 5.94. The Bertz CT molecular complexity index is 1020. The van der Waals surface area contributed by atoms with Crippen molar-refractivity contribution in [3.8, 4) is 11.3 Å². The smallest absolute Gasteiger partial charge is 0.252 e. The number of nitrogens with one attached hydrogen (secondary N) is 2. The largest absolute Gasteiger partial charge is 0.404 e. The lowest BCUT2D eigenvalue weighted by Crippen LogP contribution is -2.31. The molecule has 1 aliphatic rings. The van der Waals surface area contributed by atoms with Gasteiger partial charge in [-0.2, -0.15) is 0 Å². The summed E-state index contributed by atoms with van der Waals surface area (Å²) in [6.07, 6.45) is 7.46. The van der Waals surface area contributed by atoms with Crippen LogP contribution in [-0.2, 0) is 4.79 Å². The summed E-state index contributed by atoms with van der Waals surface area (Å²) in [4.78, 5) is 30.0.